The highest BCUT2D eigenvalue weighted by atomic mass is 16.5. The summed E-state index contributed by atoms with van der Waals surface area (Å²) in [5.41, 5.74) is 0.431. The second-order valence-corrected chi connectivity index (χ2v) is 4.73. The van der Waals surface area contributed by atoms with Crippen molar-refractivity contribution in [3.8, 4) is 0 Å². The molecule has 2 rings (SSSR count). The number of carbonyl (C=O) groups excluding carboxylic acids is 1. The molecule has 0 N–H and O–H groups in total. The maximum Gasteiger partial charge on any atom is 0.168 e. The second-order valence-electron chi connectivity index (χ2n) is 4.73. The van der Waals surface area contributed by atoms with Gasteiger partial charge in [0, 0.05) is 12.8 Å². The molecular formula is C14H20N2O2. The lowest BCUT2D eigenvalue weighted by molar-refractivity contribution is -0.000264. The summed E-state index contributed by atoms with van der Waals surface area (Å²) in [6.45, 7) is 2.63. The molecule has 1 aromatic rings. The topological polar surface area (TPSA) is 52.1 Å². The number of rotatable bonds is 5. The van der Waals surface area contributed by atoms with Crippen LogP contribution in [0.1, 0.15) is 61.4 Å². The van der Waals surface area contributed by atoms with E-state index in [0.29, 0.717) is 24.0 Å². The number of ether oxygens (including phenoxy) is 1. The molecule has 4 nitrogen and oxygen atoms in total. The molecule has 98 valence electrons. The average Bonchev–Trinajstić information content (AvgIpc) is 2.46. The summed E-state index contributed by atoms with van der Waals surface area (Å²) in [6.07, 6.45) is 8.48. The monoisotopic (exact) mass is 248 g/mol. The van der Waals surface area contributed by atoms with Crippen LogP contribution in [0.2, 0.25) is 0 Å². The maximum absolute atomic E-state index is 10.8. The maximum atomic E-state index is 10.8. The van der Waals surface area contributed by atoms with E-state index in [-0.39, 0.29) is 6.10 Å². The Balaban J connectivity index is 2.19. The molecule has 1 aliphatic carbocycles. The lowest BCUT2D eigenvalue weighted by atomic mass is 9.85. The van der Waals surface area contributed by atoms with E-state index in [0.717, 1.165) is 6.29 Å². The van der Waals surface area contributed by atoms with Gasteiger partial charge in [-0.2, -0.15) is 0 Å². The van der Waals surface area contributed by atoms with Gasteiger partial charge in [-0.15, -0.1) is 0 Å². The third-order valence-corrected chi connectivity index (χ3v) is 3.50. The zero-order valence-electron chi connectivity index (χ0n) is 10.8. The Bertz CT molecular complexity index is 389. The van der Waals surface area contributed by atoms with Crippen molar-refractivity contribution in [2.75, 3.05) is 6.61 Å². The minimum atomic E-state index is -0.0600. The van der Waals surface area contributed by atoms with Gasteiger partial charge >= 0.3 is 0 Å². The standard InChI is InChI=1S/C14H20N2O2/c1-2-18-13(11-6-4-3-5-7-11)14-15-9-8-12(10-17)16-14/h8-11,13H,2-7H2,1H3. The Morgan fingerprint density at radius 1 is 1.44 bits per heavy atom. The van der Waals surface area contributed by atoms with Crippen LogP contribution in [-0.2, 0) is 4.74 Å². The Morgan fingerprint density at radius 3 is 2.89 bits per heavy atom. The van der Waals surface area contributed by atoms with Gasteiger partial charge in [0.05, 0.1) is 0 Å². The molecule has 1 heterocycles. The summed E-state index contributed by atoms with van der Waals surface area (Å²) in [5, 5.41) is 0. The minimum Gasteiger partial charge on any atom is -0.370 e. The Hall–Kier alpha value is -1.29. The highest BCUT2D eigenvalue weighted by Gasteiger charge is 2.27. The quantitative estimate of drug-likeness (QED) is 0.752. The summed E-state index contributed by atoms with van der Waals surface area (Å²) in [7, 11) is 0. The SMILES string of the molecule is CCOC(c1nccc(C=O)n1)C1CCCCC1. The van der Waals surface area contributed by atoms with E-state index in [4.69, 9.17) is 4.74 Å². The van der Waals surface area contributed by atoms with Gasteiger partial charge in [-0.3, -0.25) is 4.79 Å². The fourth-order valence-corrected chi connectivity index (χ4v) is 2.63. The van der Waals surface area contributed by atoms with Crippen LogP contribution in [0.3, 0.4) is 0 Å². The highest BCUT2D eigenvalue weighted by molar-refractivity contribution is 5.71. The zero-order chi connectivity index (χ0) is 12.8. The minimum absolute atomic E-state index is 0.0600. The zero-order valence-corrected chi connectivity index (χ0v) is 10.8. The van der Waals surface area contributed by atoms with E-state index >= 15 is 0 Å². The van der Waals surface area contributed by atoms with Crippen molar-refractivity contribution in [1.82, 2.24) is 9.97 Å². The summed E-state index contributed by atoms with van der Waals surface area (Å²) in [5.74, 6) is 1.15. The molecule has 0 spiro atoms. The van der Waals surface area contributed by atoms with Crippen LogP contribution in [0.15, 0.2) is 12.3 Å². The van der Waals surface area contributed by atoms with Gasteiger partial charge in [0.2, 0.25) is 0 Å². The lowest BCUT2D eigenvalue weighted by Crippen LogP contribution is -2.21. The summed E-state index contributed by atoms with van der Waals surface area (Å²) in [4.78, 5) is 19.4. The number of hydrogen-bond donors (Lipinski definition) is 0. The predicted octanol–water partition coefficient (Wildman–Crippen LogP) is 2.95. The average molecular weight is 248 g/mol. The van der Waals surface area contributed by atoms with Crippen LogP contribution >= 0.6 is 0 Å². The van der Waals surface area contributed by atoms with Crippen LogP contribution in [0, 0.1) is 5.92 Å². The van der Waals surface area contributed by atoms with Gasteiger partial charge < -0.3 is 4.74 Å². The largest absolute Gasteiger partial charge is 0.370 e. The van der Waals surface area contributed by atoms with Gasteiger partial charge in [0.25, 0.3) is 0 Å². The normalized spacial score (nSPS) is 18.5. The second kappa shape index (κ2) is 6.59. The molecule has 0 radical (unpaired) electrons. The Kier molecular flexibility index (Phi) is 4.81. The highest BCUT2D eigenvalue weighted by Crippen LogP contribution is 2.35. The van der Waals surface area contributed by atoms with Gasteiger partial charge in [-0.05, 0) is 31.7 Å². The molecule has 1 aliphatic rings. The molecule has 0 aliphatic heterocycles. The van der Waals surface area contributed by atoms with Crippen molar-refractivity contribution >= 4 is 6.29 Å². The van der Waals surface area contributed by atoms with Crippen molar-refractivity contribution in [2.45, 2.75) is 45.1 Å². The molecule has 0 aromatic carbocycles. The van der Waals surface area contributed by atoms with E-state index in [9.17, 15) is 4.79 Å². The van der Waals surface area contributed by atoms with E-state index < -0.39 is 0 Å². The molecule has 0 saturated heterocycles. The van der Waals surface area contributed by atoms with Crippen molar-refractivity contribution in [3.05, 3.63) is 23.8 Å². The van der Waals surface area contributed by atoms with E-state index in [2.05, 4.69) is 9.97 Å². The fourth-order valence-electron chi connectivity index (χ4n) is 2.63. The molecule has 18 heavy (non-hydrogen) atoms. The molecule has 1 unspecified atom stereocenters. The smallest absolute Gasteiger partial charge is 0.168 e. The fraction of sp³-hybridized carbons (Fsp3) is 0.643. The van der Waals surface area contributed by atoms with Crippen LogP contribution in [-0.4, -0.2) is 22.9 Å². The molecule has 1 saturated carbocycles. The third-order valence-electron chi connectivity index (χ3n) is 3.50. The molecule has 1 atom stereocenters. The van der Waals surface area contributed by atoms with Crippen LogP contribution in [0.25, 0.3) is 0 Å². The lowest BCUT2D eigenvalue weighted by Gasteiger charge is -2.28. The van der Waals surface area contributed by atoms with Crippen molar-refractivity contribution in [1.29, 1.82) is 0 Å². The number of aromatic nitrogens is 2. The van der Waals surface area contributed by atoms with Crippen LogP contribution in [0.5, 0.6) is 0 Å². The summed E-state index contributed by atoms with van der Waals surface area (Å²) >= 11 is 0. The van der Waals surface area contributed by atoms with Gasteiger partial charge in [-0.1, -0.05) is 19.3 Å². The van der Waals surface area contributed by atoms with E-state index in [1.54, 1.807) is 12.3 Å². The Morgan fingerprint density at radius 2 is 2.22 bits per heavy atom. The van der Waals surface area contributed by atoms with E-state index in [1.165, 1.54) is 32.1 Å². The number of aldehydes is 1. The van der Waals surface area contributed by atoms with Crippen molar-refractivity contribution in [3.63, 3.8) is 0 Å². The first kappa shape index (κ1) is 13.1. The number of carbonyl (C=O) groups is 1. The summed E-state index contributed by atoms with van der Waals surface area (Å²) < 4.78 is 5.83. The molecular weight excluding hydrogens is 228 g/mol. The Labute approximate surface area is 108 Å². The van der Waals surface area contributed by atoms with Crippen molar-refractivity contribution < 1.29 is 9.53 Å². The first-order chi connectivity index (χ1) is 8.85. The van der Waals surface area contributed by atoms with Gasteiger partial charge in [0.1, 0.15) is 11.8 Å². The summed E-state index contributed by atoms with van der Waals surface area (Å²) in [6, 6.07) is 1.63. The van der Waals surface area contributed by atoms with Crippen LogP contribution in [0.4, 0.5) is 0 Å². The first-order valence-corrected chi connectivity index (χ1v) is 6.75. The number of hydrogen-bond acceptors (Lipinski definition) is 4. The van der Waals surface area contributed by atoms with Gasteiger partial charge in [0.15, 0.2) is 12.1 Å². The first-order valence-electron chi connectivity index (χ1n) is 6.75. The molecule has 1 aromatic heterocycles. The van der Waals surface area contributed by atoms with Crippen LogP contribution < -0.4 is 0 Å². The molecule has 4 heteroatoms. The van der Waals surface area contributed by atoms with Crippen molar-refractivity contribution in [2.24, 2.45) is 5.92 Å². The van der Waals surface area contributed by atoms with E-state index in [1.807, 2.05) is 6.92 Å². The van der Waals surface area contributed by atoms with Gasteiger partial charge in [-0.25, -0.2) is 9.97 Å². The number of nitrogens with zero attached hydrogens (tertiary/aromatic N) is 2. The molecule has 0 bridgehead atoms. The third kappa shape index (κ3) is 3.13. The predicted molar refractivity (Wildman–Crippen MR) is 68.4 cm³/mol. The molecule has 1 fully saturated rings. The molecule has 0 amide bonds.